The molecule has 0 amide bonds. The molecule has 0 bridgehead atoms. The van der Waals surface area contributed by atoms with Crippen molar-refractivity contribution >= 4 is 31.1 Å². The van der Waals surface area contributed by atoms with Crippen molar-refractivity contribution in [2.24, 2.45) is 0 Å². The van der Waals surface area contributed by atoms with Gasteiger partial charge in [0.15, 0.2) is 0 Å². The second-order valence-corrected chi connectivity index (χ2v) is 8.02. The Hall–Kier alpha value is 0.680. The van der Waals surface area contributed by atoms with Crippen LogP contribution in [0.5, 0.6) is 0 Å². The molecule has 0 rings (SSSR count). The van der Waals surface area contributed by atoms with Gasteiger partial charge in [-0.1, -0.05) is 13.8 Å². The van der Waals surface area contributed by atoms with Crippen LogP contribution in [0.3, 0.4) is 0 Å². The molecular weight excluding hydrogens is 320 g/mol. The molecule has 92 valence electrons. The van der Waals surface area contributed by atoms with E-state index < -0.39 is 26.4 Å². The Balaban J connectivity index is 4.75. The standard InChI is InChI=1S/C5H11BrF2O5P2/c1-3-14(9,10)13-15(11,4-2)12-5(6,7)8/h3-4H2,1-2H3,(H,9,10). The molecule has 2 unspecified atom stereocenters. The van der Waals surface area contributed by atoms with Gasteiger partial charge in [-0.05, 0) is 0 Å². The molecule has 2 atom stereocenters. The predicted molar refractivity (Wildman–Crippen MR) is 54.6 cm³/mol. The number of hydrogen-bond acceptors (Lipinski definition) is 4. The van der Waals surface area contributed by atoms with Crippen LogP contribution in [0, 0.1) is 0 Å². The zero-order chi connectivity index (χ0) is 12.3. The summed E-state index contributed by atoms with van der Waals surface area (Å²) in [6.07, 6.45) is -0.771. The summed E-state index contributed by atoms with van der Waals surface area (Å²) in [5.41, 5.74) is 0. The first-order chi connectivity index (χ1) is 6.54. The third-order valence-corrected chi connectivity index (χ3v) is 5.79. The smallest absolute Gasteiger partial charge is 0.324 e. The number of rotatable bonds is 6. The number of hydrogen-bond donors (Lipinski definition) is 1. The molecule has 10 heteroatoms. The van der Waals surface area contributed by atoms with Crippen molar-refractivity contribution in [2.45, 2.75) is 18.9 Å². The van der Waals surface area contributed by atoms with Gasteiger partial charge < -0.3 is 4.89 Å². The Morgan fingerprint density at radius 1 is 1.33 bits per heavy atom. The van der Waals surface area contributed by atoms with Crippen LogP contribution in [0.2, 0.25) is 0 Å². The SMILES string of the molecule is CCP(=O)(O)OP(=O)(CC)OC(F)(F)Br. The number of halogens is 3. The van der Waals surface area contributed by atoms with Gasteiger partial charge >= 0.3 is 20.2 Å². The van der Waals surface area contributed by atoms with E-state index in [1.165, 1.54) is 13.8 Å². The highest BCUT2D eigenvalue weighted by atomic mass is 79.9. The molecule has 15 heavy (non-hydrogen) atoms. The molecule has 0 heterocycles. The molecule has 0 aliphatic rings. The molecular formula is C5H11BrF2O5P2. The van der Waals surface area contributed by atoms with Gasteiger partial charge in [-0.25, -0.2) is 8.83 Å². The van der Waals surface area contributed by atoms with E-state index in [1.807, 2.05) is 0 Å². The van der Waals surface area contributed by atoms with E-state index >= 15 is 0 Å². The van der Waals surface area contributed by atoms with Gasteiger partial charge in [0.25, 0.3) is 0 Å². The largest absolute Gasteiger partial charge is 0.421 e. The Labute approximate surface area is 94.3 Å². The summed E-state index contributed by atoms with van der Waals surface area (Å²) in [6, 6.07) is 0. The lowest BCUT2D eigenvalue weighted by Crippen LogP contribution is -2.11. The second-order valence-electron chi connectivity index (χ2n) is 2.50. The Morgan fingerprint density at radius 3 is 2.07 bits per heavy atom. The molecule has 0 saturated carbocycles. The molecule has 0 fully saturated rings. The van der Waals surface area contributed by atoms with E-state index in [2.05, 4.69) is 8.83 Å². The Kier molecular flexibility index (Phi) is 5.58. The predicted octanol–water partition coefficient (Wildman–Crippen LogP) is 3.38. The summed E-state index contributed by atoms with van der Waals surface area (Å²) in [5.74, 6) is 0. The van der Waals surface area contributed by atoms with Crippen LogP contribution < -0.4 is 0 Å². The van der Waals surface area contributed by atoms with Gasteiger partial charge in [0.05, 0.1) is 0 Å². The van der Waals surface area contributed by atoms with Gasteiger partial charge in [0.1, 0.15) is 0 Å². The molecule has 0 radical (unpaired) electrons. The highest BCUT2D eigenvalue weighted by Gasteiger charge is 2.41. The minimum atomic E-state index is -4.27. The van der Waals surface area contributed by atoms with E-state index in [9.17, 15) is 17.9 Å². The molecule has 0 aliphatic heterocycles. The zero-order valence-corrected chi connectivity index (χ0v) is 11.4. The van der Waals surface area contributed by atoms with E-state index in [-0.39, 0.29) is 6.16 Å². The summed E-state index contributed by atoms with van der Waals surface area (Å²) in [7, 11) is -8.41. The summed E-state index contributed by atoms with van der Waals surface area (Å²) in [5, 5.41) is -3.85. The maximum Gasteiger partial charge on any atom is 0.421 e. The molecule has 0 aromatic heterocycles. The lowest BCUT2D eigenvalue weighted by Gasteiger charge is -2.21. The maximum atomic E-state index is 12.4. The van der Waals surface area contributed by atoms with E-state index in [4.69, 9.17) is 4.89 Å². The van der Waals surface area contributed by atoms with Crippen molar-refractivity contribution in [3.8, 4) is 0 Å². The molecule has 0 aliphatic carbocycles. The highest BCUT2D eigenvalue weighted by Crippen LogP contribution is 2.64. The van der Waals surface area contributed by atoms with E-state index in [0.29, 0.717) is 0 Å². The fraction of sp³-hybridized carbons (Fsp3) is 1.00. The van der Waals surface area contributed by atoms with Gasteiger partial charge in [0, 0.05) is 28.3 Å². The van der Waals surface area contributed by atoms with E-state index in [1.54, 1.807) is 15.9 Å². The topological polar surface area (TPSA) is 72.8 Å². The zero-order valence-electron chi connectivity index (χ0n) is 8.02. The van der Waals surface area contributed by atoms with Crippen LogP contribution in [0.15, 0.2) is 0 Å². The first-order valence-corrected chi connectivity index (χ1v) is 8.21. The van der Waals surface area contributed by atoms with E-state index in [0.717, 1.165) is 0 Å². The van der Waals surface area contributed by atoms with Crippen molar-refractivity contribution in [2.75, 3.05) is 12.3 Å². The van der Waals surface area contributed by atoms with Crippen molar-refractivity contribution < 1.29 is 31.6 Å². The third kappa shape index (κ3) is 6.76. The van der Waals surface area contributed by atoms with Crippen LogP contribution in [-0.2, 0) is 18.0 Å². The minimum absolute atomic E-state index is 0.339. The Bertz CT molecular complexity index is 304. The van der Waals surface area contributed by atoms with Gasteiger partial charge in [-0.3, -0.25) is 9.13 Å². The normalized spacial score (nSPS) is 20.7. The fourth-order valence-electron chi connectivity index (χ4n) is 0.549. The Morgan fingerprint density at radius 2 is 1.80 bits per heavy atom. The summed E-state index contributed by atoms with van der Waals surface area (Å²) >= 11 is 1.81. The number of alkyl halides is 3. The van der Waals surface area contributed by atoms with Crippen molar-refractivity contribution in [1.82, 2.24) is 0 Å². The van der Waals surface area contributed by atoms with Crippen LogP contribution in [0.1, 0.15) is 13.8 Å². The van der Waals surface area contributed by atoms with Gasteiger partial charge in [0.2, 0.25) is 0 Å². The lowest BCUT2D eigenvalue weighted by molar-refractivity contribution is -0.0847. The maximum absolute atomic E-state index is 12.4. The second kappa shape index (κ2) is 5.34. The molecule has 0 spiro atoms. The van der Waals surface area contributed by atoms with Crippen molar-refractivity contribution in [3.05, 3.63) is 0 Å². The van der Waals surface area contributed by atoms with Crippen LogP contribution in [0.4, 0.5) is 8.78 Å². The van der Waals surface area contributed by atoms with Crippen LogP contribution >= 0.6 is 31.1 Å². The van der Waals surface area contributed by atoms with Crippen molar-refractivity contribution in [1.29, 1.82) is 0 Å². The van der Waals surface area contributed by atoms with Crippen LogP contribution in [0.25, 0.3) is 0 Å². The average Bonchev–Trinajstić information content (AvgIpc) is 2.00. The summed E-state index contributed by atoms with van der Waals surface area (Å²) in [6.45, 7) is 2.54. The van der Waals surface area contributed by atoms with Gasteiger partial charge in [-0.15, -0.1) is 0 Å². The van der Waals surface area contributed by atoms with Crippen molar-refractivity contribution in [3.63, 3.8) is 0 Å². The molecule has 1 N–H and O–H groups in total. The first-order valence-electron chi connectivity index (χ1n) is 3.93. The quantitative estimate of drug-likeness (QED) is 0.597. The highest BCUT2D eigenvalue weighted by molar-refractivity contribution is 9.09. The molecule has 0 aromatic rings. The van der Waals surface area contributed by atoms with Gasteiger partial charge in [-0.2, -0.15) is 8.78 Å². The summed E-state index contributed by atoms with van der Waals surface area (Å²) in [4.78, 5) is 9.01. The summed E-state index contributed by atoms with van der Waals surface area (Å²) < 4.78 is 55.3. The van der Waals surface area contributed by atoms with Crippen LogP contribution in [-0.4, -0.2) is 22.2 Å². The molecule has 5 nitrogen and oxygen atoms in total. The molecule has 0 saturated heterocycles. The fourth-order valence-corrected chi connectivity index (χ4v) is 4.27. The average molecular weight is 331 g/mol. The minimum Gasteiger partial charge on any atom is -0.324 e. The third-order valence-electron chi connectivity index (χ3n) is 1.28. The first kappa shape index (κ1) is 15.7. The molecule has 0 aromatic carbocycles. The lowest BCUT2D eigenvalue weighted by atomic mass is 11.0. The monoisotopic (exact) mass is 330 g/mol.